The SMILES string of the molecule is CNC(C)C1Nc2cc(cc(NC(=O)Cc3ccccc3)n2)-c2cccc3nc(C)c(n23)O1. The van der Waals surface area contributed by atoms with Crippen molar-refractivity contribution in [2.75, 3.05) is 17.7 Å². The first-order valence-corrected chi connectivity index (χ1v) is 11.0. The van der Waals surface area contributed by atoms with Crippen LogP contribution in [0.1, 0.15) is 18.2 Å². The fraction of sp³-hybridized carbons (Fsp3) is 0.240. The molecule has 168 valence electrons. The highest BCUT2D eigenvalue weighted by atomic mass is 16.5. The van der Waals surface area contributed by atoms with E-state index in [9.17, 15) is 4.79 Å². The lowest BCUT2D eigenvalue weighted by atomic mass is 10.1. The number of hydrogen-bond donors (Lipinski definition) is 3. The van der Waals surface area contributed by atoms with Crippen molar-refractivity contribution in [2.24, 2.45) is 0 Å². The Balaban J connectivity index is 1.58. The van der Waals surface area contributed by atoms with Crippen LogP contribution in [-0.2, 0) is 11.2 Å². The van der Waals surface area contributed by atoms with Crippen LogP contribution in [0.5, 0.6) is 5.88 Å². The standard InChI is InChI=1S/C25H26N6O2/c1-15(26-3)24-30-21-14-18(19-10-7-11-22-27-16(2)25(33-24)31(19)22)13-20(28-21)29-23(32)12-17-8-5-4-6-9-17/h4-11,13-15,24,26H,12H2,1-3H3,(H2,28,29,30,32). The van der Waals surface area contributed by atoms with E-state index in [-0.39, 0.29) is 18.4 Å². The summed E-state index contributed by atoms with van der Waals surface area (Å²) in [7, 11) is 1.88. The highest BCUT2D eigenvalue weighted by Crippen LogP contribution is 2.33. The second kappa shape index (κ2) is 8.55. The minimum atomic E-state index is -0.407. The molecule has 0 spiro atoms. The van der Waals surface area contributed by atoms with Crippen molar-refractivity contribution in [3.05, 3.63) is 71.9 Å². The van der Waals surface area contributed by atoms with Crippen molar-refractivity contribution in [1.29, 1.82) is 0 Å². The molecule has 2 bridgehead atoms. The summed E-state index contributed by atoms with van der Waals surface area (Å²) in [5.74, 6) is 1.64. The number of carbonyl (C=O) groups excluding carboxylic acids is 1. The molecule has 0 saturated carbocycles. The summed E-state index contributed by atoms with van der Waals surface area (Å²) >= 11 is 0. The number of aromatic nitrogens is 3. The summed E-state index contributed by atoms with van der Waals surface area (Å²) in [5, 5.41) is 9.58. The molecule has 8 heteroatoms. The molecule has 0 radical (unpaired) electrons. The zero-order valence-electron chi connectivity index (χ0n) is 18.8. The smallest absolute Gasteiger partial charge is 0.229 e. The van der Waals surface area contributed by atoms with Crippen LogP contribution in [0, 0.1) is 6.92 Å². The van der Waals surface area contributed by atoms with E-state index in [1.54, 1.807) is 0 Å². The van der Waals surface area contributed by atoms with E-state index < -0.39 is 6.23 Å². The molecule has 0 aliphatic carbocycles. The first kappa shape index (κ1) is 21.0. The van der Waals surface area contributed by atoms with Crippen molar-refractivity contribution in [2.45, 2.75) is 32.5 Å². The molecule has 33 heavy (non-hydrogen) atoms. The molecule has 1 amide bonds. The van der Waals surface area contributed by atoms with Gasteiger partial charge >= 0.3 is 0 Å². The third-order valence-electron chi connectivity index (χ3n) is 5.80. The monoisotopic (exact) mass is 442 g/mol. The minimum Gasteiger partial charge on any atom is -0.452 e. The predicted molar refractivity (Wildman–Crippen MR) is 128 cm³/mol. The highest BCUT2D eigenvalue weighted by Gasteiger charge is 2.25. The molecule has 2 unspecified atom stereocenters. The van der Waals surface area contributed by atoms with Crippen LogP contribution in [0.4, 0.5) is 11.6 Å². The molecule has 1 aromatic carbocycles. The average Bonchev–Trinajstić information content (AvgIpc) is 3.14. The van der Waals surface area contributed by atoms with Gasteiger partial charge in [0.25, 0.3) is 0 Å². The summed E-state index contributed by atoms with van der Waals surface area (Å²) in [6, 6.07) is 19.4. The van der Waals surface area contributed by atoms with Crippen molar-refractivity contribution in [3.63, 3.8) is 0 Å². The van der Waals surface area contributed by atoms with Crippen LogP contribution >= 0.6 is 0 Å². The van der Waals surface area contributed by atoms with Gasteiger partial charge in [-0.25, -0.2) is 9.97 Å². The summed E-state index contributed by atoms with van der Waals surface area (Å²) < 4.78 is 8.42. The zero-order valence-corrected chi connectivity index (χ0v) is 18.8. The number of aryl methyl sites for hydroxylation is 1. The summed E-state index contributed by atoms with van der Waals surface area (Å²) in [4.78, 5) is 22.1. The van der Waals surface area contributed by atoms with E-state index in [1.807, 2.05) is 86.0 Å². The molecule has 4 heterocycles. The maximum atomic E-state index is 12.7. The van der Waals surface area contributed by atoms with Gasteiger partial charge in [-0.1, -0.05) is 36.4 Å². The second-order valence-corrected chi connectivity index (χ2v) is 8.20. The van der Waals surface area contributed by atoms with Gasteiger partial charge < -0.3 is 20.7 Å². The quantitative estimate of drug-likeness (QED) is 0.437. The van der Waals surface area contributed by atoms with E-state index in [0.717, 1.165) is 28.2 Å². The van der Waals surface area contributed by atoms with Crippen LogP contribution in [0.2, 0.25) is 0 Å². The fourth-order valence-corrected chi connectivity index (χ4v) is 4.00. The molecule has 4 aromatic rings. The Morgan fingerprint density at radius 1 is 1.15 bits per heavy atom. The van der Waals surface area contributed by atoms with Crippen molar-refractivity contribution in [3.8, 4) is 17.1 Å². The normalized spacial score (nSPS) is 15.5. The van der Waals surface area contributed by atoms with Crippen LogP contribution in [0.3, 0.4) is 0 Å². The Morgan fingerprint density at radius 3 is 2.76 bits per heavy atom. The molecule has 5 rings (SSSR count). The van der Waals surface area contributed by atoms with Crippen molar-refractivity contribution < 1.29 is 9.53 Å². The average molecular weight is 443 g/mol. The van der Waals surface area contributed by atoms with Gasteiger partial charge in [0.05, 0.1) is 18.2 Å². The Kier molecular flexibility index (Phi) is 5.43. The summed E-state index contributed by atoms with van der Waals surface area (Å²) in [6.45, 7) is 3.97. The third-order valence-corrected chi connectivity index (χ3v) is 5.80. The first-order chi connectivity index (χ1) is 16.0. The first-order valence-electron chi connectivity index (χ1n) is 11.0. The van der Waals surface area contributed by atoms with Gasteiger partial charge in [-0.2, -0.15) is 0 Å². The third kappa shape index (κ3) is 4.12. The number of ether oxygens (including phenoxy) is 1. The highest BCUT2D eigenvalue weighted by molar-refractivity contribution is 5.92. The van der Waals surface area contributed by atoms with Gasteiger partial charge in [-0.15, -0.1) is 0 Å². The van der Waals surface area contributed by atoms with Gasteiger partial charge in [-0.3, -0.25) is 9.20 Å². The number of anilines is 2. The molecule has 3 aromatic heterocycles. The van der Waals surface area contributed by atoms with E-state index in [4.69, 9.17) is 4.74 Å². The Bertz CT molecular complexity index is 1320. The number of fused-ring (bicyclic) bond motifs is 3. The lowest BCUT2D eigenvalue weighted by Gasteiger charge is -2.25. The summed E-state index contributed by atoms with van der Waals surface area (Å²) in [6.07, 6.45) is -0.131. The van der Waals surface area contributed by atoms with Gasteiger partial charge in [0.1, 0.15) is 23.0 Å². The van der Waals surface area contributed by atoms with Gasteiger partial charge in [0.15, 0.2) is 6.23 Å². The molecule has 8 nitrogen and oxygen atoms in total. The van der Waals surface area contributed by atoms with Crippen molar-refractivity contribution in [1.82, 2.24) is 19.7 Å². The van der Waals surface area contributed by atoms with Crippen LogP contribution in [0.15, 0.2) is 60.7 Å². The van der Waals surface area contributed by atoms with Gasteiger partial charge in [-0.05, 0) is 50.7 Å². The molecule has 1 aliphatic heterocycles. The Morgan fingerprint density at radius 2 is 1.97 bits per heavy atom. The molecule has 0 saturated heterocycles. The number of rotatable bonds is 5. The largest absolute Gasteiger partial charge is 0.452 e. The molecule has 3 N–H and O–H groups in total. The minimum absolute atomic E-state index is 0.0261. The van der Waals surface area contributed by atoms with E-state index in [0.29, 0.717) is 17.5 Å². The second-order valence-electron chi connectivity index (χ2n) is 8.20. The van der Waals surface area contributed by atoms with Gasteiger partial charge in [0, 0.05) is 5.56 Å². The number of carbonyl (C=O) groups is 1. The van der Waals surface area contributed by atoms with E-state index >= 15 is 0 Å². The number of imidazole rings is 1. The van der Waals surface area contributed by atoms with Crippen LogP contribution in [-0.4, -0.2) is 39.6 Å². The lowest BCUT2D eigenvalue weighted by Crippen LogP contribution is -2.44. The van der Waals surface area contributed by atoms with E-state index in [2.05, 4.69) is 25.9 Å². The fourth-order valence-electron chi connectivity index (χ4n) is 4.00. The van der Waals surface area contributed by atoms with Crippen molar-refractivity contribution >= 4 is 23.2 Å². The number of likely N-dealkylation sites (N-methyl/N-ethyl adjacent to an activating group) is 1. The molecule has 2 atom stereocenters. The summed E-state index contributed by atoms with van der Waals surface area (Å²) in [5.41, 5.74) is 4.35. The van der Waals surface area contributed by atoms with Crippen LogP contribution in [0.25, 0.3) is 16.9 Å². The number of nitrogens with one attached hydrogen (secondary N) is 3. The topological polar surface area (TPSA) is 92.6 Å². The molecule has 1 aliphatic rings. The number of hydrogen-bond acceptors (Lipinski definition) is 6. The van der Waals surface area contributed by atoms with Gasteiger partial charge in [0.2, 0.25) is 11.8 Å². The molecule has 0 fully saturated rings. The lowest BCUT2D eigenvalue weighted by molar-refractivity contribution is -0.115. The number of amides is 1. The molecular formula is C25H26N6O2. The molecular weight excluding hydrogens is 416 g/mol. The predicted octanol–water partition coefficient (Wildman–Crippen LogP) is 3.62. The maximum absolute atomic E-state index is 12.7. The maximum Gasteiger partial charge on any atom is 0.229 e. The number of benzene rings is 1. The van der Waals surface area contributed by atoms with E-state index in [1.165, 1.54) is 0 Å². The zero-order chi connectivity index (χ0) is 22.9. The number of nitrogens with zero attached hydrogens (tertiary/aromatic N) is 3. The Labute approximate surface area is 192 Å². The number of pyridine rings is 2. The Hall–Kier alpha value is -3.91. The van der Waals surface area contributed by atoms with Crippen LogP contribution < -0.4 is 20.7 Å².